The van der Waals surface area contributed by atoms with Crippen LogP contribution in [0, 0.1) is 5.92 Å². The number of nitrogens with zero attached hydrogens (tertiary/aromatic N) is 2. The number of hydrogen-bond acceptors (Lipinski definition) is 5. The monoisotopic (exact) mass is 336 g/mol. The first-order chi connectivity index (χ1) is 10.6. The molecule has 23 heavy (non-hydrogen) atoms. The normalized spacial score (nSPS) is 13.2. The average molecular weight is 336 g/mol. The minimum Gasteiger partial charge on any atom is -0.467 e. The molecule has 1 aromatic rings. The predicted molar refractivity (Wildman–Crippen MR) is 74.8 cm³/mol. The summed E-state index contributed by atoms with van der Waals surface area (Å²) < 4.78 is 44.2. The molecule has 1 aromatic heterocycles. The molecule has 0 spiro atoms. The number of carbonyl (C=O) groups excluding carboxylic acids is 1. The Balaban J connectivity index is 3.48. The fraction of sp³-hybridized carbons (Fsp3) is 0.643. The second-order valence-electron chi connectivity index (χ2n) is 5.43. The van der Waals surface area contributed by atoms with Crippen molar-refractivity contribution in [2.24, 2.45) is 5.92 Å². The van der Waals surface area contributed by atoms with Crippen LogP contribution in [0.15, 0.2) is 10.9 Å². The zero-order valence-corrected chi connectivity index (χ0v) is 13.1. The fourth-order valence-corrected chi connectivity index (χ4v) is 2.14. The molecule has 0 radical (unpaired) electrons. The highest BCUT2D eigenvalue weighted by Crippen LogP contribution is 2.30. The van der Waals surface area contributed by atoms with Crippen molar-refractivity contribution in [3.05, 3.63) is 27.7 Å². The molecule has 9 heteroatoms. The highest BCUT2D eigenvalue weighted by molar-refractivity contribution is 5.73. The third-order valence-electron chi connectivity index (χ3n) is 3.15. The zero-order chi connectivity index (χ0) is 17.8. The van der Waals surface area contributed by atoms with Gasteiger partial charge in [-0.05, 0) is 12.3 Å². The van der Waals surface area contributed by atoms with Crippen molar-refractivity contribution in [3.63, 3.8) is 0 Å². The molecule has 6 nitrogen and oxygen atoms in total. The fourth-order valence-electron chi connectivity index (χ4n) is 2.14. The van der Waals surface area contributed by atoms with Gasteiger partial charge >= 0.3 is 12.1 Å². The summed E-state index contributed by atoms with van der Waals surface area (Å²) in [7, 11) is 1.12. The van der Waals surface area contributed by atoms with Gasteiger partial charge in [0.2, 0.25) is 0 Å². The van der Waals surface area contributed by atoms with E-state index in [-0.39, 0.29) is 18.8 Å². The lowest BCUT2D eigenvalue weighted by atomic mass is 10.0. The summed E-state index contributed by atoms with van der Waals surface area (Å²) in [5, 5.41) is 12.6. The number of rotatable bonds is 6. The van der Waals surface area contributed by atoms with E-state index in [1.54, 1.807) is 13.8 Å². The number of aromatic nitrogens is 2. The maximum atomic E-state index is 13.0. The predicted octanol–water partition coefficient (Wildman–Crippen LogP) is 1.56. The van der Waals surface area contributed by atoms with Crippen molar-refractivity contribution in [1.82, 2.24) is 9.78 Å². The number of carbonyl (C=O) groups is 1. The SMILES string of the molecule is COC(=O)C(CC(C)C)n1nc(CCO)c(C(F)(F)F)cc1=O. The number of methoxy groups -OCH3 is 1. The van der Waals surface area contributed by atoms with Crippen molar-refractivity contribution in [3.8, 4) is 0 Å². The Morgan fingerprint density at radius 1 is 1.43 bits per heavy atom. The summed E-state index contributed by atoms with van der Waals surface area (Å²) in [6.45, 7) is 3.01. The Morgan fingerprint density at radius 2 is 2.04 bits per heavy atom. The molecule has 1 unspecified atom stereocenters. The van der Waals surface area contributed by atoms with Crippen LogP contribution in [0.5, 0.6) is 0 Å². The van der Waals surface area contributed by atoms with Crippen LogP contribution in [-0.2, 0) is 22.1 Å². The standard InChI is InChI=1S/C14H19F3N2O4/c1-8(2)6-11(13(22)23-3)19-12(21)7-9(14(15,16)17)10(18-19)4-5-20/h7-8,11,20H,4-6H2,1-3H3. The number of hydrogen-bond donors (Lipinski definition) is 1. The van der Waals surface area contributed by atoms with Gasteiger partial charge in [0, 0.05) is 19.1 Å². The van der Waals surface area contributed by atoms with E-state index in [4.69, 9.17) is 5.11 Å². The van der Waals surface area contributed by atoms with Crippen molar-refractivity contribution >= 4 is 5.97 Å². The van der Waals surface area contributed by atoms with Crippen LogP contribution in [0.2, 0.25) is 0 Å². The Labute approximate surface area is 130 Å². The molecule has 0 saturated heterocycles. The van der Waals surface area contributed by atoms with Gasteiger partial charge in [-0.3, -0.25) is 4.79 Å². The molecule has 1 rings (SSSR count). The van der Waals surface area contributed by atoms with E-state index >= 15 is 0 Å². The molecule has 0 aliphatic carbocycles. The molecular formula is C14H19F3N2O4. The summed E-state index contributed by atoms with van der Waals surface area (Å²) in [4.78, 5) is 23.9. The van der Waals surface area contributed by atoms with E-state index in [0.29, 0.717) is 10.7 Å². The largest absolute Gasteiger partial charge is 0.467 e. The molecule has 0 aliphatic rings. The number of esters is 1. The lowest BCUT2D eigenvalue weighted by Crippen LogP contribution is -2.35. The molecule has 0 amide bonds. The molecule has 130 valence electrons. The molecule has 0 bridgehead atoms. The minimum atomic E-state index is -4.77. The molecule has 0 aromatic carbocycles. The Morgan fingerprint density at radius 3 is 2.48 bits per heavy atom. The van der Waals surface area contributed by atoms with Crippen molar-refractivity contribution < 1.29 is 27.8 Å². The van der Waals surface area contributed by atoms with Gasteiger partial charge in [-0.2, -0.15) is 18.3 Å². The van der Waals surface area contributed by atoms with Gasteiger partial charge in [-0.15, -0.1) is 0 Å². The van der Waals surface area contributed by atoms with Crippen LogP contribution in [0.25, 0.3) is 0 Å². The van der Waals surface area contributed by atoms with Gasteiger partial charge in [0.25, 0.3) is 5.56 Å². The molecule has 0 fully saturated rings. The van der Waals surface area contributed by atoms with Crippen LogP contribution < -0.4 is 5.56 Å². The summed E-state index contributed by atoms with van der Waals surface area (Å²) >= 11 is 0. The Bertz CT molecular complexity index is 611. The highest BCUT2D eigenvalue weighted by atomic mass is 19.4. The lowest BCUT2D eigenvalue weighted by Gasteiger charge is -2.20. The number of aliphatic hydroxyl groups excluding tert-OH is 1. The molecule has 1 atom stereocenters. The van der Waals surface area contributed by atoms with Crippen LogP contribution >= 0.6 is 0 Å². The maximum absolute atomic E-state index is 13.0. The van der Waals surface area contributed by atoms with Gasteiger partial charge in [-0.1, -0.05) is 13.8 Å². The number of ether oxygens (including phenoxy) is 1. The quantitative estimate of drug-likeness (QED) is 0.797. The number of halogens is 3. The van der Waals surface area contributed by atoms with E-state index in [0.717, 1.165) is 7.11 Å². The topological polar surface area (TPSA) is 81.4 Å². The minimum absolute atomic E-state index is 0.0172. The number of aliphatic hydroxyl groups is 1. The first-order valence-electron chi connectivity index (χ1n) is 7.00. The van der Waals surface area contributed by atoms with Crippen LogP contribution in [0.1, 0.15) is 37.6 Å². The first kappa shape index (κ1) is 19.1. The molecule has 1 N–H and O–H groups in total. The first-order valence-corrected chi connectivity index (χ1v) is 7.00. The average Bonchev–Trinajstić information content (AvgIpc) is 2.44. The summed E-state index contributed by atoms with van der Waals surface area (Å²) in [5.74, 6) is -0.778. The second kappa shape index (κ2) is 7.58. The van der Waals surface area contributed by atoms with Gasteiger partial charge in [0.15, 0.2) is 6.04 Å². The van der Waals surface area contributed by atoms with E-state index < -0.39 is 41.6 Å². The molecule has 0 aliphatic heterocycles. The van der Waals surface area contributed by atoms with Gasteiger partial charge in [0.05, 0.1) is 18.4 Å². The molecule has 1 heterocycles. The van der Waals surface area contributed by atoms with Crippen LogP contribution in [0.4, 0.5) is 13.2 Å². The smallest absolute Gasteiger partial charge is 0.418 e. The molecular weight excluding hydrogens is 317 g/mol. The van der Waals surface area contributed by atoms with E-state index in [2.05, 4.69) is 9.84 Å². The summed E-state index contributed by atoms with van der Waals surface area (Å²) in [6.07, 6.45) is -4.97. The van der Waals surface area contributed by atoms with Gasteiger partial charge in [0.1, 0.15) is 0 Å². The van der Waals surface area contributed by atoms with Gasteiger partial charge < -0.3 is 9.84 Å². The Hall–Kier alpha value is -1.90. The Kier molecular flexibility index (Phi) is 6.31. The van der Waals surface area contributed by atoms with Crippen molar-refractivity contribution in [2.75, 3.05) is 13.7 Å². The second-order valence-corrected chi connectivity index (χ2v) is 5.43. The summed E-state index contributed by atoms with van der Waals surface area (Å²) in [6, 6.07) is -0.721. The van der Waals surface area contributed by atoms with E-state index in [9.17, 15) is 22.8 Å². The molecule has 0 saturated carbocycles. The van der Waals surface area contributed by atoms with Crippen molar-refractivity contribution in [2.45, 2.75) is 38.9 Å². The van der Waals surface area contributed by atoms with Gasteiger partial charge in [-0.25, -0.2) is 9.48 Å². The van der Waals surface area contributed by atoms with E-state index in [1.807, 2.05) is 0 Å². The lowest BCUT2D eigenvalue weighted by molar-refractivity contribution is -0.145. The van der Waals surface area contributed by atoms with Crippen molar-refractivity contribution in [1.29, 1.82) is 0 Å². The maximum Gasteiger partial charge on any atom is 0.418 e. The third kappa shape index (κ3) is 4.78. The number of alkyl halides is 3. The van der Waals surface area contributed by atoms with E-state index in [1.165, 1.54) is 0 Å². The zero-order valence-electron chi connectivity index (χ0n) is 13.1. The highest BCUT2D eigenvalue weighted by Gasteiger charge is 2.36. The summed E-state index contributed by atoms with van der Waals surface area (Å²) in [5.41, 5.74) is -2.74. The van der Waals surface area contributed by atoms with Crippen LogP contribution in [0.3, 0.4) is 0 Å². The third-order valence-corrected chi connectivity index (χ3v) is 3.15. The van der Waals surface area contributed by atoms with Crippen LogP contribution in [-0.4, -0.2) is 34.6 Å².